The van der Waals surface area contributed by atoms with Crippen molar-refractivity contribution in [2.75, 3.05) is 7.05 Å². The minimum Gasteiger partial charge on any atom is -0.343 e. The van der Waals surface area contributed by atoms with Gasteiger partial charge in [0.05, 0.1) is 17.1 Å². The van der Waals surface area contributed by atoms with Crippen LogP contribution in [0.2, 0.25) is 0 Å². The number of nitrogens with zero attached hydrogens (tertiary/aromatic N) is 1. The molecule has 0 radical (unpaired) electrons. The molecule has 0 saturated heterocycles. The molecule has 1 aliphatic rings. The lowest BCUT2D eigenvalue weighted by Gasteiger charge is -2.38. The largest absolute Gasteiger partial charge is 0.433 e. The molecule has 1 aromatic heterocycles. The number of aromatic nitrogens is 1. The smallest absolute Gasteiger partial charge is 0.343 e. The summed E-state index contributed by atoms with van der Waals surface area (Å²) in [6.07, 6.45) is -1.18. The Hall–Kier alpha value is -3.00. The Labute approximate surface area is 183 Å². The maximum absolute atomic E-state index is 13.9. The van der Waals surface area contributed by atoms with Crippen LogP contribution in [0.4, 0.5) is 17.6 Å². The summed E-state index contributed by atoms with van der Waals surface area (Å²) in [5.41, 5.74) is -1.13. The molecule has 168 valence electrons. The molecule has 1 amide bonds. The van der Waals surface area contributed by atoms with E-state index in [9.17, 15) is 22.4 Å². The Bertz CT molecular complexity index is 1130. The number of rotatable bonds is 5. The predicted molar refractivity (Wildman–Crippen MR) is 114 cm³/mol. The number of alkyl halides is 3. The quantitative estimate of drug-likeness (QED) is 0.518. The number of hydrogen-bond donors (Lipinski definition) is 2. The van der Waals surface area contributed by atoms with Crippen LogP contribution >= 0.6 is 0 Å². The predicted octanol–water partition coefficient (Wildman–Crippen LogP) is 5.40. The SMILES string of the molecule is CNC1(C(NC(=O)c2cc(C(F)(F)F)nc3ccc(F)cc23)c2ccccc2)CCCC1. The van der Waals surface area contributed by atoms with Gasteiger partial charge in [0.25, 0.3) is 5.91 Å². The maximum Gasteiger partial charge on any atom is 0.433 e. The lowest BCUT2D eigenvalue weighted by atomic mass is 9.83. The van der Waals surface area contributed by atoms with Crippen molar-refractivity contribution in [1.29, 1.82) is 0 Å². The minimum atomic E-state index is -4.74. The second-order valence-corrected chi connectivity index (χ2v) is 8.14. The minimum absolute atomic E-state index is 0.0345. The second-order valence-electron chi connectivity index (χ2n) is 8.14. The fourth-order valence-corrected chi connectivity index (χ4v) is 4.61. The van der Waals surface area contributed by atoms with Crippen molar-refractivity contribution in [1.82, 2.24) is 15.6 Å². The lowest BCUT2D eigenvalue weighted by Crippen LogP contribution is -2.52. The van der Waals surface area contributed by atoms with Gasteiger partial charge in [-0.25, -0.2) is 9.37 Å². The van der Waals surface area contributed by atoms with Gasteiger partial charge in [-0.2, -0.15) is 13.2 Å². The molecule has 3 aromatic rings. The third-order valence-electron chi connectivity index (χ3n) is 6.26. The van der Waals surface area contributed by atoms with Gasteiger partial charge >= 0.3 is 6.18 Å². The zero-order valence-corrected chi connectivity index (χ0v) is 17.5. The van der Waals surface area contributed by atoms with E-state index in [2.05, 4.69) is 15.6 Å². The Balaban J connectivity index is 1.81. The highest BCUT2D eigenvalue weighted by Gasteiger charge is 2.42. The number of amides is 1. The summed E-state index contributed by atoms with van der Waals surface area (Å²) < 4.78 is 54.3. The summed E-state index contributed by atoms with van der Waals surface area (Å²) in [5.74, 6) is -1.36. The molecular weight excluding hydrogens is 422 g/mol. The number of halogens is 4. The van der Waals surface area contributed by atoms with Crippen LogP contribution in [0, 0.1) is 5.82 Å². The van der Waals surface area contributed by atoms with Gasteiger partial charge in [-0.05, 0) is 49.7 Å². The van der Waals surface area contributed by atoms with Crippen molar-refractivity contribution in [3.63, 3.8) is 0 Å². The molecule has 1 atom stereocenters. The highest BCUT2D eigenvalue weighted by molar-refractivity contribution is 6.06. The van der Waals surface area contributed by atoms with Crippen molar-refractivity contribution in [2.45, 2.75) is 43.4 Å². The molecule has 1 fully saturated rings. The number of fused-ring (bicyclic) bond motifs is 1. The van der Waals surface area contributed by atoms with Crippen LogP contribution in [-0.4, -0.2) is 23.5 Å². The fraction of sp³-hybridized carbons (Fsp3) is 0.333. The zero-order valence-electron chi connectivity index (χ0n) is 17.5. The van der Waals surface area contributed by atoms with Gasteiger partial charge in [0.15, 0.2) is 0 Å². The Kier molecular flexibility index (Phi) is 5.90. The molecule has 32 heavy (non-hydrogen) atoms. The average molecular weight is 445 g/mol. The molecule has 8 heteroatoms. The van der Waals surface area contributed by atoms with Gasteiger partial charge in [-0.3, -0.25) is 4.79 Å². The topological polar surface area (TPSA) is 54.0 Å². The molecule has 0 aliphatic heterocycles. The molecule has 1 saturated carbocycles. The number of carbonyl (C=O) groups excluding carboxylic acids is 1. The van der Waals surface area contributed by atoms with Gasteiger partial charge in [-0.15, -0.1) is 0 Å². The molecular formula is C24H23F4N3O. The molecule has 4 nitrogen and oxygen atoms in total. The lowest BCUT2D eigenvalue weighted by molar-refractivity contribution is -0.140. The number of carbonyl (C=O) groups is 1. The highest BCUT2D eigenvalue weighted by atomic mass is 19.4. The standard InChI is InChI=1S/C24H23F4N3O/c1-29-23(11-5-6-12-23)21(15-7-3-2-4-8-15)31-22(32)18-14-20(24(26,27)28)30-19-10-9-16(25)13-17(18)19/h2-4,7-10,13-14,21,29H,5-6,11-12H2,1H3,(H,31,32). The van der Waals surface area contributed by atoms with Crippen molar-refractivity contribution >= 4 is 16.8 Å². The molecule has 2 aromatic carbocycles. The number of hydrogen-bond acceptors (Lipinski definition) is 3. The Morgan fingerprint density at radius 1 is 1.06 bits per heavy atom. The van der Waals surface area contributed by atoms with Crippen molar-refractivity contribution in [3.05, 3.63) is 77.2 Å². The van der Waals surface area contributed by atoms with Gasteiger partial charge < -0.3 is 10.6 Å². The van der Waals surface area contributed by atoms with E-state index >= 15 is 0 Å². The summed E-state index contributed by atoms with van der Waals surface area (Å²) in [6, 6.07) is 12.8. The van der Waals surface area contributed by atoms with Crippen LogP contribution in [0.3, 0.4) is 0 Å². The fourth-order valence-electron chi connectivity index (χ4n) is 4.61. The Morgan fingerprint density at radius 2 is 1.75 bits per heavy atom. The maximum atomic E-state index is 13.9. The molecule has 4 rings (SSSR count). The summed E-state index contributed by atoms with van der Waals surface area (Å²) in [5, 5.41) is 6.34. The number of nitrogens with one attached hydrogen (secondary N) is 2. The summed E-state index contributed by atoms with van der Waals surface area (Å²) >= 11 is 0. The van der Waals surface area contributed by atoms with E-state index in [1.165, 1.54) is 0 Å². The van der Waals surface area contributed by atoms with E-state index < -0.39 is 35.2 Å². The molecule has 0 bridgehead atoms. The van der Waals surface area contributed by atoms with Gasteiger partial charge in [0.1, 0.15) is 11.5 Å². The molecule has 2 N–H and O–H groups in total. The van der Waals surface area contributed by atoms with Crippen LogP contribution in [-0.2, 0) is 6.18 Å². The van der Waals surface area contributed by atoms with Crippen molar-refractivity contribution < 1.29 is 22.4 Å². The van der Waals surface area contributed by atoms with E-state index in [-0.39, 0.29) is 16.5 Å². The number of likely N-dealkylation sites (N-methyl/N-ethyl adjacent to an activating group) is 1. The first kappa shape index (κ1) is 22.2. The molecule has 1 aliphatic carbocycles. The first-order valence-electron chi connectivity index (χ1n) is 10.5. The highest BCUT2D eigenvalue weighted by Crippen LogP contribution is 2.40. The van der Waals surface area contributed by atoms with Crippen LogP contribution in [0.5, 0.6) is 0 Å². The van der Waals surface area contributed by atoms with Crippen molar-refractivity contribution in [2.24, 2.45) is 0 Å². The van der Waals surface area contributed by atoms with Gasteiger partial charge in [0.2, 0.25) is 0 Å². The monoisotopic (exact) mass is 445 g/mol. The van der Waals surface area contributed by atoms with E-state index in [0.29, 0.717) is 6.07 Å². The molecule has 0 spiro atoms. The molecule has 1 unspecified atom stereocenters. The zero-order chi connectivity index (χ0) is 22.9. The second kappa shape index (κ2) is 8.50. The Morgan fingerprint density at radius 3 is 2.38 bits per heavy atom. The van der Waals surface area contributed by atoms with Crippen molar-refractivity contribution in [3.8, 4) is 0 Å². The van der Waals surface area contributed by atoms with Crippen LogP contribution in [0.15, 0.2) is 54.6 Å². The van der Waals surface area contributed by atoms with E-state index in [4.69, 9.17) is 0 Å². The van der Waals surface area contributed by atoms with Crippen LogP contribution < -0.4 is 10.6 Å². The van der Waals surface area contributed by atoms with E-state index in [0.717, 1.165) is 49.4 Å². The average Bonchev–Trinajstić information content (AvgIpc) is 3.26. The van der Waals surface area contributed by atoms with E-state index in [1.807, 2.05) is 37.4 Å². The molecule has 1 heterocycles. The van der Waals surface area contributed by atoms with Crippen LogP contribution in [0.25, 0.3) is 10.9 Å². The van der Waals surface area contributed by atoms with E-state index in [1.54, 1.807) is 0 Å². The summed E-state index contributed by atoms with van der Waals surface area (Å²) in [7, 11) is 1.83. The van der Waals surface area contributed by atoms with Crippen LogP contribution in [0.1, 0.15) is 53.3 Å². The van der Waals surface area contributed by atoms with Gasteiger partial charge in [-0.1, -0.05) is 43.2 Å². The normalized spacial score (nSPS) is 16.8. The summed E-state index contributed by atoms with van der Waals surface area (Å²) in [4.78, 5) is 17.0. The van der Waals surface area contributed by atoms with Gasteiger partial charge in [0, 0.05) is 10.9 Å². The third-order valence-corrected chi connectivity index (χ3v) is 6.26. The summed E-state index contributed by atoms with van der Waals surface area (Å²) in [6.45, 7) is 0. The first-order chi connectivity index (χ1) is 15.2. The number of benzene rings is 2. The third kappa shape index (κ3) is 4.19. The number of pyridine rings is 1. The first-order valence-corrected chi connectivity index (χ1v) is 10.5.